The summed E-state index contributed by atoms with van der Waals surface area (Å²) < 4.78 is 63.6. The molecule has 0 bridgehead atoms. The molecule has 2 nitrogen and oxygen atoms in total. The summed E-state index contributed by atoms with van der Waals surface area (Å²) in [6.07, 6.45) is 0. The van der Waals surface area contributed by atoms with Crippen LogP contribution in [0, 0.1) is 23.3 Å². The second-order valence-corrected chi connectivity index (χ2v) is 4.33. The van der Waals surface area contributed by atoms with Gasteiger partial charge in [0.2, 0.25) is 7.28 Å². The Morgan fingerprint density at radius 3 is 2.10 bits per heavy atom. The molecule has 0 radical (unpaired) electrons. The summed E-state index contributed by atoms with van der Waals surface area (Å²) in [6.45, 7) is 0. The zero-order valence-corrected chi connectivity index (χ0v) is 11.3. The lowest BCUT2D eigenvalue weighted by Gasteiger charge is -2.11. The van der Waals surface area contributed by atoms with Crippen LogP contribution in [0.15, 0.2) is 24.3 Å². The minimum Gasteiger partial charge on any atom is -0.494 e. The van der Waals surface area contributed by atoms with Gasteiger partial charge in [-0.15, -0.1) is 0 Å². The lowest BCUT2D eigenvalue weighted by atomic mass is 9.63. The second-order valence-electron chi connectivity index (χ2n) is 4.33. The normalized spacial score (nSPS) is 10.4. The highest BCUT2D eigenvalue weighted by atomic mass is 19.1. The number of hydrogen-bond donors (Lipinski definition) is 0. The molecule has 0 amide bonds. The van der Waals surface area contributed by atoms with E-state index in [0.29, 0.717) is 12.1 Å². The quantitative estimate of drug-likeness (QED) is 0.631. The lowest BCUT2D eigenvalue weighted by Crippen LogP contribution is -2.32. The predicted octanol–water partition coefficient (Wildman–Crippen LogP) is 1.65. The average molecular weight is 298 g/mol. The maximum Gasteiger partial charge on any atom is 0.201 e. The molecule has 0 fully saturated rings. The van der Waals surface area contributed by atoms with Gasteiger partial charge in [0.05, 0.1) is 14.2 Å². The van der Waals surface area contributed by atoms with Crippen LogP contribution < -0.4 is 20.4 Å². The van der Waals surface area contributed by atoms with E-state index in [1.54, 1.807) is 0 Å². The van der Waals surface area contributed by atoms with Crippen LogP contribution in [0.3, 0.4) is 0 Å². The van der Waals surface area contributed by atoms with Crippen LogP contribution in [0.2, 0.25) is 0 Å². The first-order valence-electron chi connectivity index (χ1n) is 6.00. The van der Waals surface area contributed by atoms with Crippen molar-refractivity contribution in [2.45, 2.75) is 0 Å². The highest BCUT2D eigenvalue weighted by Gasteiger charge is 2.17. The summed E-state index contributed by atoms with van der Waals surface area (Å²) in [5, 5.41) is 0. The van der Waals surface area contributed by atoms with Crippen molar-refractivity contribution < 1.29 is 27.0 Å². The number of hydrogen-bond acceptors (Lipinski definition) is 2. The summed E-state index contributed by atoms with van der Waals surface area (Å²) >= 11 is 0. The van der Waals surface area contributed by atoms with Crippen LogP contribution in [-0.4, -0.2) is 21.5 Å². The molecule has 0 aliphatic rings. The number of methoxy groups -OCH3 is 2. The van der Waals surface area contributed by atoms with Crippen molar-refractivity contribution in [3.63, 3.8) is 0 Å². The number of halogens is 4. The summed E-state index contributed by atoms with van der Waals surface area (Å²) in [6, 6.07) is 3.52. The number of rotatable bonds is 4. The molecule has 2 aromatic carbocycles. The topological polar surface area (TPSA) is 18.5 Å². The van der Waals surface area contributed by atoms with E-state index in [-0.39, 0.29) is 29.7 Å². The van der Waals surface area contributed by atoms with E-state index in [1.165, 1.54) is 14.2 Å². The Balaban J connectivity index is 2.47. The van der Waals surface area contributed by atoms with Crippen molar-refractivity contribution in [3.05, 3.63) is 47.5 Å². The van der Waals surface area contributed by atoms with Gasteiger partial charge in [0.15, 0.2) is 17.4 Å². The molecule has 110 valence electrons. The van der Waals surface area contributed by atoms with Gasteiger partial charge in [0.1, 0.15) is 17.4 Å². The van der Waals surface area contributed by atoms with Crippen LogP contribution in [0.4, 0.5) is 17.6 Å². The Hall–Kier alpha value is -2.18. The van der Waals surface area contributed by atoms with Crippen LogP contribution in [0.5, 0.6) is 11.5 Å². The molecule has 21 heavy (non-hydrogen) atoms. The van der Waals surface area contributed by atoms with Gasteiger partial charge in [-0.05, 0) is 23.1 Å². The molecule has 0 unspecified atom stereocenters. The van der Waals surface area contributed by atoms with Crippen LogP contribution in [-0.2, 0) is 0 Å². The number of ether oxygens (including phenoxy) is 2. The van der Waals surface area contributed by atoms with E-state index in [9.17, 15) is 17.6 Å². The van der Waals surface area contributed by atoms with Crippen molar-refractivity contribution in [1.29, 1.82) is 0 Å². The smallest absolute Gasteiger partial charge is 0.201 e. The largest absolute Gasteiger partial charge is 0.494 e. The first kappa shape index (κ1) is 15.2. The molecule has 0 aliphatic heterocycles. The molecule has 0 atom stereocenters. The van der Waals surface area contributed by atoms with Gasteiger partial charge >= 0.3 is 0 Å². The first-order chi connectivity index (χ1) is 9.96. The molecule has 2 rings (SSSR count). The second kappa shape index (κ2) is 6.07. The van der Waals surface area contributed by atoms with E-state index in [4.69, 9.17) is 9.47 Å². The van der Waals surface area contributed by atoms with Crippen molar-refractivity contribution >= 4 is 18.2 Å². The zero-order valence-electron chi connectivity index (χ0n) is 11.3. The molecular formula is C14H11BF4O2. The molecule has 0 N–H and O–H groups in total. The molecule has 7 heteroatoms. The van der Waals surface area contributed by atoms with Gasteiger partial charge < -0.3 is 9.47 Å². The van der Waals surface area contributed by atoms with Crippen LogP contribution >= 0.6 is 0 Å². The summed E-state index contributed by atoms with van der Waals surface area (Å²) in [5.74, 6) is -3.71. The SMILES string of the molecule is COc1cc(Bc2cc(F)cc(F)c2OC)c(F)cc1F. The number of benzene rings is 2. The third kappa shape index (κ3) is 3.12. The van der Waals surface area contributed by atoms with Crippen LogP contribution in [0.1, 0.15) is 0 Å². The lowest BCUT2D eigenvalue weighted by molar-refractivity contribution is 0.384. The molecule has 0 heterocycles. The van der Waals surface area contributed by atoms with Crippen molar-refractivity contribution in [2.24, 2.45) is 0 Å². The molecule has 0 saturated carbocycles. The Morgan fingerprint density at radius 2 is 1.48 bits per heavy atom. The van der Waals surface area contributed by atoms with Gasteiger partial charge in [-0.25, -0.2) is 17.6 Å². The predicted molar refractivity (Wildman–Crippen MR) is 72.2 cm³/mol. The Morgan fingerprint density at radius 1 is 0.762 bits per heavy atom. The third-order valence-electron chi connectivity index (χ3n) is 2.99. The van der Waals surface area contributed by atoms with Crippen molar-refractivity contribution in [2.75, 3.05) is 14.2 Å². The summed E-state index contributed by atoms with van der Waals surface area (Å²) in [4.78, 5) is 0. The van der Waals surface area contributed by atoms with Gasteiger partial charge in [0.25, 0.3) is 0 Å². The van der Waals surface area contributed by atoms with E-state index < -0.39 is 23.3 Å². The average Bonchev–Trinajstić information content (AvgIpc) is 2.41. The zero-order chi connectivity index (χ0) is 15.6. The fraction of sp³-hybridized carbons (Fsp3) is 0.143. The third-order valence-corrected chi connectivity index (χ3v) is 2.99. The van der Waals surface area contributed by atoms with Crippen LogP contribution in [0.25, 0.3) is 0 Å². The monoisotopic (exact) mass is 298 g/mol. The van der Waals surface area contributed by atoms with E-state index >= 15 is 0 Å². The molecule has 0 aliphatic carbocycles. The van der Waals surface area contributed by atoms with E-state index in [2.05, 4.69) is 0 Å². The van der Waals surface area contributed by atoms with Gasteiger partial charge in [0, 0.05) is 12.1 Å². The van der Waals surface area contributed by atoms with E-state index in [0.717, 1.165) is 12.1 Å². The Labute approximate surface area is 119 Å². The molecule has 0 spiro atoms. The summed E-state index contributed by atoms with van der Waals surface area (Å²) in [7, 11) is 2.30. The van der Waals surface area contributed by atoms with Crippen molar-refractivity contribution in [1.82, 2.24) is 0 Å². The molecule has 2 aromatic rings. The van der Waals surface area contributed by atoms with Gasteiger partial charge in [-0.1, -0.05) is 0 Å². The first-order valence-corrected chi connectivity index (χ1v) is 6.00. The van der Waals surface area contributed by atoms with E-state index in [1.807, 2.05) is 0 Å². The molecule has 0 aromatic heterocycles. The summed E-state index contributed by atoms with van der Waals surface area (Å²) in [5.41, 5.74) is 0.152. The molecule has 0 saturated heterocycles. The minimum atomic E-state index is -0.887. The standard InChI is InChI=1S/C14H11BF4O2/c1-20-13-5-8(10(17)6-11(13)18)15-9-3-7(16)4-12(19)14(9)21-2/h3-6,15H,1-2H3. The maximum atomic E-state index is 13.8. The maximum absolute atomic E-state index is 13.8. The fourth-order valence-corrected chi connectivity index (χ4v) is 2.04. The Bertz CT molecular complexity index is 677. The van der Waals surface area contributed by atoms with Crippen molar-refractivity contribution in [3.8, 4) is 11.5 Å². The Kier molecular flexibility index (Phi) is 4.40. The molecular weight excluding hydrogens is 287 g/mol. The van der Waals surface area contributed by atoms with Gasteiger partial charge in [-0.3, -0.25) is 0 Å². The highest BCUT2D eigenvalue weighted by molar-refractivity contribution is 6.68. The minimum absolute atomic E-state index is 0.0385. The highest BCUT2D eigenvalue weighted by Crippen LogP contribution is 2.17. The fourth-order valence-electron chi connectivity index (χ4n) is 2.04. The van der Waals surface area contributed by atoms with Gasteiger partial charge in [-0.2, -0.15) is 0 Å².